The highest BCUT2D eigenvalue weighted by Crippen LogP contribution is 2.22. The van der Waals surface area contributed by atoms with Crippen molar-refractivity contribution in [3.05, 3.63) is 42.0 Å². The van der Waals surface area contributed by atoms with E-state index >= 15 is 0 Å². The molecule has 1 N–H and O–H groups in total. The minimum absolute atomic E-state index is 0.189. The lowest BCUT2D eigenvalue weighted by Gasteiger charge is -2.08. The van der Waals surface area contributed by atoms with Crippen LogP contribution in [0.3, 0.4) is 0 Å². The highest BCUT2D eigenvalue weighted by atomic mass is 32.1. The van der Waals surface area contributed by atoms with E-state index in [4.69, 9.17) is 12.2 Å². The van der Waals surface area contributed by atoms with Crippen LogP contribution in [0, 0.1) is 0 Å². The van der Waals surface area contributed by atoms with Gasteiger partial charge in [0, 0.05) is 5.56 Å². The van der Waals surface area contributed by atoms with Crippen molar-refractivity contribution in [2.24, 2.45) is 9.98 Å². The quantitative estimate of drug-likeness (QED) is 0.754. The van der Waals surface area contributed by atoms with E-state index in [1.807, 2.05) is 30.3 Å². The van der Waals surface area contributed by atoms with Crippen LogP contribution in [-0.2, 0) is 4.79 Å². The number of carbonyl (C=O) groups excluding carboxylic acids is 1. The molecule has 5 heteroatoms. The summed E-state index contributed by atoms with van der Waals surface area (Å²) in [7, 11) is 0. The normalized spacial score (nSPS) is 18.0. The topological polar surface area (TPSA) is 53.8 Å². The maximum absolute atomic E-state index is 11.6. The van der Waals surface area contributed by atoms with Crippen molar-refractivity contribution in [3.8, 4) is 0 Å². The first kappa shape index (κ1) is 10.0. The van der Waals surface area contributed by atoms with Crippen molar-refractivity contribution >= 4 is 40.4 Å². The van der Waals surface area contributed by atoms with Crippen LogP contribution in [-0.4, -0.2) is 22.4 Å². The highest BCUT2D eigenvalue weighted by Gasteiger charge is 2.28. The first-order chi connectivity index (χ1) is 8.24. The number of aliphatic imine (C=N–C) groups is 2. The molecule has 1 aromatic rings. The number of thiocarbonyl (C=S) groups is 1. The standard InChI is InChI=1S/C12H7N3OS/c16-11-10-9(14-12(17)15-11)6-8(13-10)7-4-2-1-3-5-7/h1-6H,(H,15,16,17). The summed E-state index contributed by atoms with van der Waals surface area (Å²) in [5.74, 6) is -0.290. The number of hydrogen-bond acceptors (Lipinski definition) is 3. The van der Waals surface area contributed by atoms with Crippen molar-refractivity contribution in [2.75, 3.05) is 0 Å². The number of fused-ring (bicyclic) bond motifs is 1. The molecule has 2 aliphatic heterocycles. The minimum Gasteiger partial charge on any atom is -0.296 e. The summed E-state index contributed by atoms with van der Waals surface area (Å²) in [6.07, 6.45) is 1.77. The number of rotatable bonds is 1. The number of allylic oxidation sites excluding steroid dienone is 1. The Morgan fingerprint density at radius 1 is 1.12 bits per heavy atom. The molecule has 0 aliphatic carbocycles. The van der Waals surface area contributed by atoms with Crippen LogP contribution in [0.5, 0.6) is 0 Å². The van der Waals surface area contributed by atoms with Crippen LogP contribution >= 0.6 is 12.2 Å². The molecule has 17 heavy (non-hydrogen) atoms. The fourth-order valence-corrected chi connectivity index (χ4v) is 1.90. The molecule has 0 bridgehead atoms. The molecule has 0 saturated carbocycles. The number of nitrogens with one attached hydrogen (secondary N) is 1. The summed E-state index contributed by atoms with van der Waals surface area (Å²) in [6.45, 7) is 0. The Bertz CT molecular complexity index is 614. The van der Waals surface area contributed by atoms with Crippen LogP contribution in [0.4, 0.5) is 0 Å². The predicted octanol–water partition coefficient (Wildman–Crippen LogP) is 1.34. The van der Waals surface area contributed by atoms with Gasteiger partial charge in [-0.2, -0.15) is 0 Å². The molecule has 0 radical (unpaired) electrons. The summed E-state index contributed by atoms with van der Waals surface area (Å²) in [5, 5.41) is 2.65. The molecule has 0 fully saturated rings. The molecule has 2 heterocycles. The fraction of sp³-hybridized carbons (Fsp3) is 0. The van der Waals surface area contributed by atoms with Crippen LogP contribution in [0.25, 0.3) is 5.70 Å². The van der Waals surface area contributed by atoms with E-state index in [9.17, 15) is 4.79 Å². The van der Waals surface area contributed by atoms with E-state index < -0.39 is 0 Å². The van der Waals surface area contributed by atoms with Gasteiger partial charge in [0.2, 0.25) is 0 Å². The maximum Gasteiger partial charge on any atom is 0.278 e. The van der Waals surface area contributed by atoms with Crippen molar-refractivity contribution in [1.29, 1.82) is 0 Å². The largest absolute Gasteiger partial charge is 0.296 e. The molecule has 4 nitrogen and oxygen atoms in total. The third-order valence-corrected chi connectivity index (χ3v) is 2.67. The lowest BCUT2D eigenvalue weighted by Crippen LogP contribution is -2.41. The first-order valence-corrected chi connectivity index (χ1v) is 5.45. The number of benzene rings is 1. The molecule has 0 unspecified atom stereocenters. The van der Waals surface area contributed by atoms with Crippen LogP contribution in [0.1, 0.15) is 5.56 Å². The Balaban J connectivity index is 2.08. The third-order valence-electron chi connectivity index (χ3n) is 2.48. The van der Waals surface area contributed by atoms with E-state index in [1.54, 1.807) is 6.08 Å². The Morgan fingerprint density at radius 2 is 1.88 bits per heavy atom. The second-order valence-electron chi connectivity index (χ2n) is 3.61. The van der Waals surface area contributed by atoms with Crippen LogP contribution in [0.15, 0.2) is 46.4 Å². The van der Waals surface area contributed by atoms with Gasteiger partial charge in [0.05, 0.1) is 11.4 Å². The zero-order chi connectivity index (χ0) is 11.8. The molecule has 1 amide bonds. The van der Waals surface area contributed by atoms with E-state index in [0.717, 1.165) is 11.3 Å². The minimum atomic E-state index is -0.290. The molecule has 1 aromatic carbocycles. The molecular weight excluding hydrogens is 234 g/mol. The summed E-state index contributed by atoms with van der Waals surface area (Å²) < 4.78 is 0. The van der Waals surface area contributed by atoms with Gasteiger partial charge in [-0.1, -0.05) is 30.3 Å². The summed E-state index contributed by atoms with van der Waals surface area (Å²) >= 11 is 4.86. The maximum atomic E-state index is 11.6. The molecule has 0 aromatic heterocycles. The lowest BCUT2D eigenvalue weighted by molar-refractivity contribution is -0.113. The van der Waals surface area contributed by atoms with Gasteiger partial charge in [-0.05, 0) is 18.3 Å². The van der Waals surface area contributed by atoms with Crippen LogP contribution in [0.2, 0.25) is 0 Å². The predicted molar refractivity (Wildman–Crippen MR) is 70.0 cm³/mol. The molecular formula is C12H7N3OS. The molecule has 0 saturated heterocycles. The zero-order valence-electron chi connectivity index (χ0n) is 8.68. The number of hydrogen-bond donors (Lipinski definition) is 1. The molecule has 2 aliphatic rings. The van der Waals surface area contributed by atoms with Crippen molar-refractivity contribution < 1.29 is 4.79 Å². The van der Waals surface area contributed by atoms with Crippen LogP contribution < -0.4 is 5.32 Å². The zero-order valence-corrected chi connectivity index (χ0v) is 9.49. The van der Waals surface area contributed by atoms with Gasteiger partial charge in [0.15, 0.2) is 10.8 Å². The second-order valence-corrected chi connectivity index (χ2v) is 4.00. The third kappa shape index (κ3) is 1.70. The summed E-state index contributed by atoms with van der Waals surface area (Å²) in [6, 6.07) is 9.64. The number of amides is 1. The van der Waals surface area contributed by atoms with Crippen molar-refractivity contribution in [3.63, 3.8) is 0 Å². The van der Waals surface area contributed by atoms with Gasteiger partial charge in [-0.15, -0.1) is 0 Å². The molecule has 82 valence electrons. The summed E-state index contributed by atoms with van der Waals surface area (Å²) in [4.78, 5) is 20.0. The Labute approximate surface area is 103 Å². The SMILES string of the molecule is O=C1NC(=S)N=C2C=C(c3ccccc3)N=C12. The lowest BCUT2D eigenvalue weighted by atomic mass is 10.1. The molecule has 0 atom stereocenters. The smallest absolute Gasteiger partial charge is 0.278 e. The van der Waals surface area contributed by atoms with Crippen molar-refractivity contribution in [1.82, 2.24) is 5.32 Å². The number of carbonyl (C=O) groups is 1. The van der Waals surface area contributed by atoms with E-state index in [-0.39, 0.29) is 11.0 Å². The average Bonchev–Trinajstić information content (AvgIpc) is 2.74. The Morgan fingerprint density at radius 3 is 2.65 bits per heavy atom. The second kappa shape index (κ2) is 3.71. The van der Waals surface area contributed by atoms with Crippen molar-refractivity contribution in [2.45, 2.75) is 0 Å². The van der Waals surface area contributed by atoms with Gasteiger partial charge in [0.1, 0.15) is 0 Å². The van der Waals surface area contributed by atoms with Gasteiger partial charge < -0.3 is 0 Å². The number of nitrogens with zero attached hydrogens (tertiary/aromatic N) is 2. The molecule has 0 spiro atoms. The van der Waals surface area contributed by atoms with E-state index in [1.165, 1.54) is 0 Å². The Hall–Kier alpha value is -2.14. The monoisotopic (exact) mass is 241 g/mol. The molecule has 3 rings (SSSR count). The fourth-order valence-electron chi connectivity index (χ4n) is 1.71. The highest BCUT2D eigenvalue weighted by molar-refractivity contribution is 7.80. The van der Waals surface area contributed by atoms with Gasteiger partial charge in [-0.25, -0.2) is 9.98 Å². The van der Waals surface area contributed by atoms with E-state index in [0.29, 0.717) is 11.4 Å². The van der Waals surface area contributed by atoms with Gasteiger partial charge >= 0.3 is 0 Å². The Kier molecular flexibility index (Phi) is 2.19. The van der Waals surface area contributed by atoms with Gasteiger partial charge in [0.25, 0.3) is 5.91 Å². The summed E-state index contributed by atoms with van der Waals surface area (Å²) in [5.41, 5.74) is 2.56. The average molecular weight is 241 g/mol. The van der Waals surface area contributed by atoms with E-state index in [2.05, 4.69) is 15.3 Å². The van der Waals surface area contributed by atoms with Gasteiger partial charge in [-0.3, -0.25) is 10.1 Å². The first-order valence-electron chi connectivity index (χ1n) is 5.04.